The SMILES string of the molecule is c1cc2c3c(c1)Oc1cc(-n4c5ccccc5c5ccccc54)cc4c1B3c1c(cccc1O4)O2.c1ccc(-c2cc3c4c(c2)Oc2cc(-c5ccccn5)cc5c2B4c2c(cc(-c4ccccn4)cc2O5)O3)nc1.c1cncc(-c2cc3c4c(c2)Oc2cc(-c5cccnc5)cc5c2B4c2c(cc(-c4cccnc4)cc2O5)O3)c1. The molecule has 18 aromatic rings. The van der Waals surface area contributed by atoms with E-state index in [1.807, 2.05) is 146 Å². The highest BCUT2D eigenvalue weighted by atomic mass is 16.5. The van der Waals surface area contributed by atoms with Gasteiger partial charge in [-0.25, -0.2) is 0 Å². The number of aromatic nitrogens is 7. The van der Waals surface area contributed by atoms with Gasteiger partial charge in [-0.15, -0.1) is 0 Å². The van der Waals surface area contributed by atoms with Crippen molar-refractivity contribution in [3.63, 3.8) is 0 Å². The Morgan fingerprint density at radius 1 is 0.200 bits per heavy atom. The molecule has 0 bridgehead atoms. The van der Waals surface area contributed by atoms with E-state index in [9.17, 15) is 0 Å². The van der Waals surface area contributed by atoms with Crippen molar-refractivity contribution in [1.82, 2.24) is 34.5 Å². The summed E-state index contributed by atoms with van der Waals surface area (Å²) in [5.41, 5.74) is 23.8. The van der Waals surface area contributed by atoms with E-state index in [0.29, 0.717) is 0 Å². The number of benzene rings is 11. The molecule has 0 N–H and O–H groups in total. The van der Waals surface area contributed by atoms with E-state index >= 15 is 0 Å². The highest BCUT2D eigenvalue weighted by Gasteiger charge is 2.51. The van der Waals surface area contributed by atoms with Crippen LogP contribution in [-0.4, -0.2) is 54.6 Å². The maximum Gasteiger partial charge on any atom is 0.270 e. The molecular formula is C96H52B3N7O9. The molecule has 0 unspecified atom stereocenters. The zero-order chi connectivity index (χ0) is 75.1. The molecule has 0 amide bonds. The molecule has 534 valence electrons. The number of para-hydroxylation sites is 2. The van der Waals surface area contributed by atoms with Crippen LogP contribution in [0.2, 0.25) is 0 Å². The highest BCUT2D eigenvalue weighted by Crippen LogP contribution is 2.51. The van der Waals surface area contributed by atoms with Crippen LogP contribution in [0.1, 0.15) is 0 Å². The van der Waals surface area contributed by atoms with E-state index < -0.39 is 0 Å². The molecule has 0 radical (unpaired) electrons. The quantitative estimate of drug-likeness (QED) is 0.138. The molecule has 0 saturated carbocycles. The van der Waals surface area contributed by atoms with Gasteiger partial charge in [-0.3, -0.25) is 29.9 Å². The zero-order valence-electron chi connectivity index (χ0n) is 60.6. The number of rotatable bonds is 7. The first kappa shape index (κ1) is 63.3. The predicted octanol–water partition coefficient (Wildman–Crippen LogP) is 17.0. The number of hydrogen-bond donors (Lipinski definition) is 0. The standard InChI is InChI=1S/2C33H18BN3O3.C30H16BNO3/c1-4-19(16-35-7-1)22-10-25-31-26(11-22)39-28-13-24(21-6-3-9-37-18-21)15-30-33(28)34(31)32-27(38-25)12-23(14-29(32)40-30)20-5-2-8-36-17-20;1-4-10-35-22(7-1)19-13-25-31-26(14-19)39-28-16-21(24-9-3-6-12-37-24)18-30-33(28)34(31)32-27(38-25)15-20(17-29(32)40-30)23-8-2-5-11-36-23;1-3-9-20-18(7-1)19-8-2-4-10-21(19)32(20)17-15-26-30-27(16-17)35-25-14-6-12-23-29(25)31(30)28-22(33-23)11-5-13-24(28)34-26/h2*1-18H;1-16H. The molecular weight excluding hydrogens is 1430 g/mol. The summed E-state index contributed by atoms with van der Waals surface area (Å²) in [6.07, 6.45) is 16.3. The first-order valence-corrected chi connectivity index (χ1v) is 38.0. The van der Waals surface area contributed by atoms with Gasteiger partial charge in [0, 0.05) is 161 Å². The second-order valence-electron chi connectivity index (χ2n) is 29.5. The maximum absolute atomic E-state index is 6.66. The van der Waals surface area contributed by atoms with Crippen molar-refractivity contribution in [2.75, 3.05) is 0 Å². The Bertz CT molecular complexity index is 6210. The van der Waals surface area contributed by atoms with Gasteiger partial charge in [0.2, 0.25) is 0 Å². The molecule has 16 heterocycles. The summed E-state index contributed by atoms with van der Waals surface area (Å²) >= 11 is 0. The Balaban J connectivity index is 0.0000000972. The van der Waals surface area contributed by atoms with E-state index in [2.05, 4.69) is 168 Å². The number of pyridine rings is 6. The van der Waals surface area contributed by atoms with Crippen molar-refractivity contribution >= 4 is 91.1 Å². The molecule has 0 fully saturated rings. The summed E-state index contributed by atoms with van der Waals surface area (Å²) < 4.78 is 61.5. The van der Waals surface area contributed by atoms with Crippen molar-refractivity contribution in [2.45, 2.75) is 0 Å². The molecule has 16 nitrogen and oxygen atoms in total. The summed E-state index contributed by atoms with van der Waals surface area (Å²) in [7, 11) is 0. The maximum atomic E-state index is 6.66. The molecule has 11 aromatic carbocycles. The smallest absolute Gasteiger partial charge is 0.270 e. The van der Waals surface area contributed by atoms with Crippen molar-refractivity contribution < 1.29 is 42.6 Å². The normalized spacial score (nSPS) is 13.3. The van der Waals surface area contributed by atoms with Crippen LogP contribution in [0.3, 0.4) is 0 Å². The van der Waals surface area contributed by atoms with Gasteiger partial charge in [-0.05, 0) is 180 Å². The van der Waals surface area contributed by atoms with Gasteiger partial charge in [0.05, 0.1) is 33.8 Å². The summed E-state index contributed by atoms with van der Waals surface area (Å²) in [5, 5.41) is 2.46. The van der Waals surface area contributed by atoms with Crippen LogP contribution in [0.15, 0.2) is 317 Å². The summed E-state index contributed by atoms with van der Waals surface area (Å²) in [4.78, 5) is 26.7. The Kier molecular flexibility index (Phi) is 13.5. The van der Waals surface area contributed by atoms with Gasteiger partial charge < -0.3 is 47.2 Å². The molecule has 27 rings (SSSR count). The van der Waals surface area contributed by atoms with Crippen LogP contribution < -0.4 is 91.8 Å². The monoisotopic (exact) mass is 1480 g/mol. The average molecular weight is 1480 g/mol. The van der Waals surface area contributed by atoms with Gasteiger partial charge in [-0.1, -0.05) is 84.9 Å². The molecule has 9 aliphatic heterocycles. The molecule has 0 saturated heterocycles. The Labute approximate surface area is 657 Å². The summed E-state index contributed by atoms with van der Waals surface area (Å²) in [5.74, 6) is 14.2. The fourth-order valence-corrected chi connectivity index (χ4v) is 18.2. The molecule has 19 heteroatoms. The van der Waals surface area contributed by atoms with Crippen molar-refractivity contribution in [1.29, 1.82) is 0 Å². The van der Waals surface area contributed by atoms with Crippen LogP contribution >= 0.6 is 0 Å². The fourth-order valence-electron chi connectivity index (χ4n) is 18.2. The largest absolute Gasteiger partial charge is 0.458 e. The van der Waals surface area contributed by atoms with Gasteiger partial charge >= 0.3 is 0 Å². The molecule has 0 aliphatic carbocycles. The van der Waals surface area contributed by atoms with Crippen molar-refractivity contribution in [3.8, 4) is 176 Å². The highest BCUT2D eigenvalue weighted by molar-refractivity contribution is 7.01. The van der Waals surface area contributed by atoms with Crippen LogP contribution in [-0.2, 0) is 0 Å². The van der Waals surface area contributed by atoms with Gasteiger partial charge in [0.15, 0.2) is 0 Å². The second kappa shape index (κ2) is 24.5. The summed E-state index contributed by atoms with van der Waals surface area (Å²) in [6.45, 7) is -0.143. The lowest BCUT2D eigenvalue weighted by atomic mass is 9.33. The Morgan fingerprint density at radius 2 is 0.452 bits per heavy atom. The third kappa shape index (κ3) is 9.77. The molecule has 7 aromatic heterocycles. The number of hydrogen-bond acceptors (Lipinski definition) is 15. The molecule has 115 heavy (non-hydrogen) atoms. The van der Waals surface area contributed by atoms with Crippen molar-refractivity contribution in [3.05, 3.63) is 317 Å². The van der Waals surface area contributed by atoms with E-state index in [0.717, 1.165) is 237 Å². The molecule has 0 spiro atoms. The van der Waals surface area contributed by atoms with Crippen LogP contribution in [0, 0.1) is 0 Å². The lowest BCUT2D eigenvalue weighted by Gasteiger charge is -2.38. The number of ether oxygens (including phenoxy) is 9. The van der Waals surface area contributed by atoms with E-state index in [1.54, 1.807) is 37.2 Å². The topological polar surface area (TPSA) is 165 Å². The second-order valence-corrected chi connectivity index (χ2v) is 29.5. The minimum absolute atomic E-state index is 0.0286. The van der Waals surface area contributed by atoms with Gasteiger partial charge in [0.25, 0.3) is 20.1 Å². The Morgan fingerprint density at radius 3 is 0.730 bits per heavy atom. The third-order valence-corrected chi connectivity index (χ3v) is 23.0. The van der Waals surface area contributed by atoms with E-state index in [4.69, 9.17) is 42.6 Å². The van der Waals surface area contributed by atoms with Crippen molar-refractivity contribution in [2.24, 2.45) is 0 Å². The lowest BCUT2D eigenvalue weighted by molar-refractivity contribution is 0.442. The van der Waals surface area contributed by atoms with Gasteiger partial charge in [-0.2, -0.15) is 0 Å². The van der Waals surface area contributed by atoms with Gasteiger partial charge in [0.1, 0.15) is 103 Å². The predicted molar refractivity (Wildman–Crippen MR) is 446 cm³/mol. The number of fused-ring (bicyclic) bond motifs is 3. The molecule has 9 aliphatic rings. The third-order valence-electron chi connectivity index (χ3n) is 23.0. The minimum Gasteiger partial charge on any atom is -0.458 e. The van der Waals surface area contributed by atoms with Crippen LogP contribution in [0.25, 0.3) is 94.6 Å². The first-order valence-electron chi connectivity index (χ1n) is 38.0. The van der Waals surface area contributed by atoms with E-state index in [-0.39, 0.29) is 20.1 Å². The fraction of sp³-hybridized carbons (Fsp3) is 0. The van der Waals surface area contributed by atoms with Crippen LogP contribution in [0.4, 0.5) is 0 Å². The summed E-state index contributed by atoms with van der Waals surface area (Å²) in [6, 6.07) is 87.9. The Hall–Kier alpha value is -15.5. The zero-order valence-corrected chi connectivity index (χ0v) is 60.6. The minimum atomic E-state index is -0.0930. The lowest BCUT2D eigenvalue weighted by Crippen LogP contribution is -2.59. The van der Waals surface area contributed by atoms with Crippen LogP contribution in [0.5, 0.6) is 103 Å². The average Bonchev–Trinajstić information content (AvgIpc) is 1.23. The molecule has 0 atom stereocenters. The van der Waals surface area contributed by atoms with E-state index in [1.165, 1.54) is 10.8 Å². The number of nitrogens with zero attached hydrogens (tertiary/aromatic N) is 7. The first-order chi connectivity index (χ1) is 56.9.